The number of hydrogen-bond donors (Lipinski definition) is 0. The zero-order valence-corrected chi connectivity index (χ0v) is 10.3. The lowest BCUT2D eigenvalue weighted by Gasteiger charge is -2.15. The summed E-state index contributed by atoms with van der Waals surface area (Å²) in [4.78, 5) is 12.0. The molecule has 1 amide bonds. The summed E-state index contributed by atoms with van der Waals surface area (Å²) in [5.74, 6) is -0.701. The Kier molecular flexibility index (Phi) is 4.12. The lowest BCUT2D eigenvalue weighted by atomic mass is 10.1. The third kappa shape index (κ3) is 3.30. The average Bonchev–Trinajstić information content (AvgIpc) is 2.26. The van der Waals surface area contributed by atoms with Crippen LogP contribution in [0.2, 0.25) is 0 Å². The van der Waals surface area contributed by atoms with Gasteiger partial charge in [-0.2, -0.15) is 13.2 Å². The normalized spacial score (nSPS) is 13.2. The summed E-state index contributed by atoms with van der Waals surface area (Å²) in [6, 6.07) is 2.01. The first-order valence-electron chi connectivity index (χ1n) is 4.66. The molecule has 1 aromatic rings. The minimum atomic E-state index is -4.71. The van der Waals surface area contributed by atoms with Crippen molar-refractivity contribution in [2.45, 2.75) is 11.1 Å². The average molecular weight is 280 g/mol. The molecule has 0 aliphatic heterocycles. The van der Waals surface area contributed by atoms with Gasteiger partial charge in [0.25, 0.3) is 5.91 Å². The summed E-state index contributed by atoms with van der Waals surface area (Å²) < 4.78 is 59.1. The van der Waals surface area contributed by atoms with Crippen molar-refractivity contribution in [3.63, 3.8) is 0 Å². The van der Waals surface area contributed by atoms with Gasteiger partial charge in [0.1, 0.15) is 0 Å². The Morgan fingerprint density at radius 2 is 1.83 bits per heavy atom. The predicted octanol–water partition coefficient (Wildman–Crippen LogP) is 1.65. The van der Waals surface area contributed by atoms with Crippen LogP contribution >= 0.6 is 0 Å². The highest BCUT2D eigenvalue weighted by molar-refractivity contribution is 7.79. The van der Waals surface area contributed by atoms with Gasteiger partial charge in [-0.05, 0) is 29.3 Å². The van der Waals surface area contributed by atoms with Gasteiger partial charge in [-0.1, -0.05) is 0 Å². The summed E-state index contributed by atoms with van der Waals surface area (Å²) in [5, 5.41) is 0. The van der Waals surface area contributed by atoms with Crippen LogP contribution in [0.5, 0.6) is 0 Å². The van der Waals surface area contributed by atoms with Crippen molar-refractivity contribution in [2.75, 3.05) is 14.1 Å². The second-order valence-electron chi connectivity index (χ2n) is 3.68. The molecule has 0 bridgehead atoms. The van der Waals surface area contributed by atoms with E-state index in [2.05, 4.69) is 0 Å². The molecule has 0 spiro atoms. The SMILES string of the molecule is CN(C)C(=O)c1cc(S(=O)[O-])cc(C(F)(F)F)c1. The number of carbonyl (C=O) groups excluding carboxylic acids is 1. The Bertz CT molecular complexity index is 500. The molecule has 8 heteroatoms. The van der Waals surface area contributed by atoms with E-state index in [1.807, 2.05) is 0 Å². The van der Waals surface area contributed by atoms with Crippen LogP contribution in [0.3, 0.4) is 0 Å². The molecule has 0 aromatic heterocycles. The monoisotopic (exact) mass is 280 g/mol. The van der Waals surface area contributed by atoms with E-state index in [-0.39, 0.29) is 5.56 Å². The molecule has 4 nitrogen and oxygen atoms in total. The summed E-state index contributed by atoms with van der Waals surface area (Å²) in [6.45, 7) is 0. The highest BCUT2D eigenvalue weighted by Crippen LogP contribution is 2.31. The lowest BCUT2D eigenvalue weighted by molar-refractivity contribution is -0.137. The highest BCUT2D eigenvalue weighted by atomic mass is 32.2. The molecule has 18 heavy (non-hydrogen) atoms. The molecular weight excluding hydrogens is 271 g/mol. The standard InChI is InChI=1S/C10H10F3NO3S/c1-14(2)9(15)6-3-7(10(11,12)13)5-8(4-6)18(16)17/h3-5H,1-2H3,(H,16,17)/p-1. The smallest absolute Gasteiger partial charge is 0.416 e. The minimum absolute atomic E-state index is 0.325. The van der Waals surface area contributed by atoms with E-state index in [1.165, 1.54) is 14.1 Å². The quantitative estimate of drug-likeness (QED) is 0.774. The van der Waals surface area contributed by atoms with E-state index in [1.54, 1.807) is 0 Å². The van der Waals surface area contributed by atoms with E-state index >= 15 is 0 Å². The van der Waals surface area contributed by atoms with Gasteiger partial charge >= 0.3 is 6.18 Å². The number of carbonyl (C=O) groups is 1. The number of benzene rings is 1. The lowest BCUT2D eigenvalue weighted by Crippen LogP contribution is -2.22. The molecular formula is C10H9F3NO3S-. The number of halogens is 3. The third-order valence-electron chi connectivity index (χ3n) is 2.08. The topological polar surface area (TPSA) is 60.4 Å². The summed E-state index contributed by atoms with van der Waals surface area (Å²) in [7, 11) is 2.72. The van der Waals surface area contributed by atoms with E-state index in [4.69, 9.17) is 0 Å². The Morgan fingerprint density at radius 3 is 2.22 bits per heavy atom. The number of amides is 1. The van der Waals surface area contributed by atoms with Gasteiger partial charge in [0.2, 0.25) is 0 Å². The van der Waals surface area contributed by atoms with Crippen molar-refractivity contribution in [1.29, 1.82) is 0 Å². The van der Waals surface area contributed by atoms with Gasteiger partial charge < -0.3 is 9.45 Å². The fraction of sp³-hybridized carbons (Fsp3) is 0.300. The maximum atomic E-state index is 12.5. The molecule has 1 aromatic carbocycles. The second-order valence-corrected chi connectivity index (χ2v) is 4.62. The third-order valence-corrected chi connectivity index (χ3v) is 2.70. The van der Waals surface area contributed by atoms with Crippen molar-refractivity contribution in [3.8, 4) is 0 Å². The molecule has 0 radical (unpaired) electrons. The predicted molar refractivity (Wildman–Crippen MR) is 56.6 cm³/mol. The second kappa shape index (κ2) is 5.07. The van der Waals surface area contributed by atoms with E-state index in [0.717, 1.165) is 11.0 Å². The first kappa shape index (κ1) is 14.7. The molecule has 100 valence electrons. The van der Waals surface area contributed by atoms with Gasteiger partial charge in [0.15, 0.2) is 0 Å². The van der Waals surface area contributed by atoms with Gasteiger partial charge in [0.05, 0.1) is 5.56 Å². The van der Waals surface area contributed by atoms with Crippen molar-refractivity contribution in [3.05, 3.63) is 29.3 Å². The Balaban J connectivity index is 3.41. The van der Waals surface area contributed by atoms with E-state index in [0.29, 0.717) is 12.1 Å². The van der Waals surface area contributed by atoms with Crippen LogP contribution in [-0.4, -0.2) is 33.7 Å². The van der Waals surface area contributed by atoms with Gasteiger partial charge in [-0.25, -0.2) is 0 Å². The van der Waals surface area contributed by atoms with Crippen LogP contribution in [0.15, 0.2) is 23.1 Å². The van der Waals surface area contributed by atoms with Crippen molar-refractivity contribution < 1.29 is 26.7 Å². The van der Waals surface area contributed by atoms with Crippen LogP contribution < -0.4 is 0 Å². The summed E-state index contributed by atoms with van der Waals surface area (Å²) in [6.07, 6.45) is -4.71. The number of hydrogen-bond acceptors (Lipinski definition) is 3. The zero-order valence-electron chi connectivity index (χ0n) is 9.45. The molecule has 0 saturated carbocycles. The molecule has 1 atom stereocenters. The summed E-state index contributed by atoms with van der Waals surface area (Å²) in [5.41, 5.74) is -1.50. The van der Waals surface area contributed by atoms with E-state index < -0.39 is 33.6 Å². The zero-order chi connectivity index (χ0) is 14.1. The van der Waals surface area contributed by atoms with Crippen LogP contribution in [0.4, 0.5) is 13.2 Å². The van der Waals surface area contributed by atoms with Crippen molar-refractivity contribution >= 4 is 17.0 Å². The first-order valence-corrected chi connectivity index (χ1v) is 5.73. The number of rotatable bonds is 2. The molecule has 0 aliphatic carbocycles. The van der Waals surface area contributed by atoms with Gasteiger partial charge in [-0.15, -0.1) is 0 Å². The maximum absolute atomic E-state index is 12.5. The highest BCUT2D eigenvalue weighted by Gasteiger charge is 2.32. The Labute approximate surface area is 104 Å². The first-order chi connectivity index (χ1) is 8.12. The Hall–Kier alpha value is -1.41. The molecule has 0 aliphatic rings. The van der Waals surface area contributed by atoms with Crippen LogP contribution in [0, 0.1) is 0 Å². The van der Waals surface area contributed by atoms with Crippen molar-refractivity contribution in [2.24, 2.45) is 0 Å². The van der Waals surface area contributed by atoms with Crippen LogP contribution in [0.1, 0.15) is 15.9 Å². The molecule has 0 saturated heterocycles. The van der Waals surface area contributed by atoms with Gasteiger partial charge in [0, 0.05) is 24.6 Å². The van der Waals surface area contributed by atoms with Crippen LogP contribution in [-0.2, 0) is 17.3 Å². The maximum Gasteiger partial charge on any atom is 0.416 e. The van der Waals surface area contributed by atoms with Gasteiger partial charge in [-0.3, -0.25) is 9.00 Å². The minimum Gasteiger partial charge on any atom is -0.768 e. The van der Waals surface area contributed by atoms with Crippen molar-refractivity contribution in [1.82, 2.24) is 4.90 Å². The molecule has 0 N–H and O–H groups in total. The molecule has 1 unspecified atom stereocenters. The molecule has 0 heterocycles. The Morgan fingerprint density at radius 1 is 1.28 bits per heavy atom. The number of nitrogens with zero attached hydrogens (tertiary/aromatic N) is 1. The molecule has 0 fully saturated rings. The summed E-state index contributed by atoms with van der Waals surface area (Å²) >= 11 is -2.83. The fourth-order valence-electron chi connectivity index (χ4n) is 1.24. The van der Waals surface area contributed by atoms with Crippen LogP contribution in [0.25, 0.3) is 0 Å². The fourth-order valence-corrected chi connectivity index (χ4v) is 1.69. The molecule has 1 rings (SSSR count). The number of alkyl halides is 3. The van der Waals surface area contributed by atoms with E-state index in [9.17, 15) is 26.7 Å². The largest absolute Gasteiger partial charge is 0.768 e.